The summed E-state index contributed by atoms with van der Waals surface area (Å²) in [7, 11) is 1.46. The molecule has 2 fully saturated rings. The molecule has 1 amide bonds. The van der Waals surface area contributed by atoms with Crippen molar-refractivity contribution in [3.05, 3.63) is 63.6 Å². The van der Waals surface area contributed by atoms with E-state index < -0.39 is 23.5 Å². The monoisotopic (exact) mass is 516 g/mol. The molecule has 2 saturated heterocycles. The summed E-state index contributed by atoms with van der Waals surface area (Å²) >= 11 is 3.41. The molecule has 174 valence electrons. The van der Waals surface area contributed by atoms with Crippen LogP contribution in [0.1, 0.15) is 17.2 Å². The number of Topliss-reactive ketones (excluding diaryl/α,β-unsaturated/α-hetero) is 1. The van der Waals surface area contributed by atoms with Crippen LogP contribution >= 0.6 is 15.9 Å². The third-order valence-electron chi connectivity index (χ3n) is 5.95. The lowest BCUT2D eigenvalue weighted by atomic mass is 9.95. The van der Waals surface area contributed by atoms with Crippen LogP contribution < -0.4 is 4.74 Å². The molecule has 2 aliphatic rings. The number of aromatic hydroxyl groups is 1. The molecule has 8 nitrogen and oxygen atoms in total. The van der Waals surface area contributed by atoms with Crippen molar-refractivity contribution in [2.45, 2.75) is 6.04 Å². The van der Waals surface area contributed by atoms with E-state index in [2.05, 4.69) is 20.8 Å². The van der Waals surface area contributed by atoms with Gasteiger partial charge in [0.05, 0.1) is 37.5 Å². The number of ketones is 1. The average Bonchev–Trinajstić information content (AvgIpc) is 3.08. The highest BCUT2D eigenvalue weighted by molar-refractivity contribution is 9.10. The number of nitrogens with zero attached hydrogens (tertiary/aromatic N) is 2. The van der Waals surface area contributed by atoms with Gasteiger partial charge in [0.15, 0.2) is 0 Å². The molecular weight excluding hydrogens is 492 g/mol. The predicted molar refractivity (Wildman–Crippen MR) is 125 cm³/mol. The second-order valence-electron chi connectivity index (χ2n) is 7.88. The summed E-state index contributed by atoms with van der Waals surface area (Å²) in [6.45, 7) is 3.67. The van der Waals surface area contributed by atoms with E-state index in [9.17, 15) is 19.8 Å². The molecule has 2 N–H and O–H groups in total. The average molecular weight is 517 g/mol. The van der Waals surface area contributed by atoms with E-state index in [1.54, 1.807) is 6.07 Å². The number of rotatable bonds is 6. The summed E-state index contributed by atoms with van der Waals surface area (Å²) in [6, 6.07) is 10.9. The van der Waals surface area contributed by atoms with Crippen molar-refractivity contribution in [1.29, 1.82) is 0 Å². The number of hydrogen-bond donors (Lipinski definition) is 2. The molecule has 1 unspecified atom stereocenters. The maximum absolute atomic E-state index is 13.1. The molecule has 0 saturated carbocycles. The normalized spacial score (nSPS) is 20.9. The Balaban J connectivity index is 1.75. The number of morpholine rings is 1. The largest absolute Gasteiger partial charge is 0.507 e. The maximum Gasteiger partial charge on any atom is 0.295 e. The molecule has 0 spiro atoms. The highest BCUT2D eigenvalue weighted by atomic mass is 79.9. The van der Waals surface area contributed by atoms with Crippen molar-refractivity contribution in [3.8, 4) is 11.5 Å². The second kappa shape index (κ2) is 9.94. The molecule has 2 heterocycles. The van der Waals surface area contributed by atoms with E-state index >= 15 is 0 Å². The maximum atomic E-state index is 13.1. The van der Waals surface area contributed by atoms with E-state index in [0.29, 0.717) is 37.6 Å². The fraction of sp³-hybridized carbons (Fsp3) is 0.333. The van der Waals surface area contributed by atoms with E-state index in [0.717, 1.165) is 17.6 Å². The second-order valence-corrected chi connectivity index (χ2v) is 8.80. The van der Waals surface area contributed by atoms with Crippen molar-refractivity contribution < 1.29 is 29.3 Å². The molecule has 1 atom stereocenters. The van der Waals surface area contributed by atoms with Crippen molar-refractivity contribution in [1.82, 2.24) is 9.80 Å². The minimum Gasteiger partial charge on any atom is -0.507 e. The van der Waals surface area contributed by atoms with Crippen LogP contribution in [0.25, 0.3) is 5.76 Å². The van der Waals surface area contributed by atoms with Gasteiger partial charge in [-0.05, 0) is 29.8 Å². The van der Waals surface area contributed by atoms with E-state index in [4.69, 9.17) is 9.47 Å². The smallest absolute Gasteiger partial charge is 0.295 e. The van der Waals surface area contributed by atoms with Gasteiger partial charge in [0.2, 0.25) is 0 Å². The Hall–Kier alpha value is -2.88. The van der Waals surface area contributed by atoms with Crippen molar-refractivity contribution in [2.75, 3.05) is 46.5 Å². The number of phenols is 1. The lowest BCUT2D eigenvalue weighted by Crippen LogP contribution is -2.42. The van der Waals surface area contributed by atoms with Crippen LogP contribution in [0, 0.1) is 0 Å². The van der Waals surface area contributed by atoms with Crippen molar-refractivity contribution in [3.63, 3.8) is 0 Å². The van der Waals surface area contributed by atoms with E-state index in [1.165, 1.54) is 24.1 Å². The first-order valence-electron chi connectivity index (χ1n) is 10.6. The molecular formula is C24H25BrN2O6. The first kappa shape index (κ1) is 23.3. The van der Waals surface area contributed by atoms with Gasteiger partial charge in [0.25, 0.3) is 11.7 Å². The summed E-state index contributed by atoms with van der Waals surface area (Å²) < 4.78 is 11.3. The van der Waals surface area contributed by atoms with Gasteiger partial charge in [-0.2, -0.15) is 0 Å². The number of likely N-dealkylation sites (tertiary alicyclic amines) is 1. The van der Waals surface area contributed by atoms with Crippen LogP contribution in [0.4, 0.5) is 0 Å². The van der Waals surface area contributed by atoms with Gasteiger partial charge in [-0.1, -0.05) is 28.1 Å². The van der Waals surface area contributed by atoms with Gasteiger partial charge in [-0.25, -0.2) is 0 Å². The quantitative estimate of drug-likeness (QED) is 0.346. The number of methoxy groups -OCH3 is 1. The molecule has 9 heteroatoms. The van der Waals surface area contributed by atoms with Gasteiger partial charge in [0.1, 0.15) is 17.3 Å². The number of carbonyl (C=O) groups excluding carboxylic acids is 2. The van der Waals surface area contributed by atoms with Gasteiger partial charge < -0.3 is 24.6 Å². The van der Waals surface area contributed by atoms with Crippen LogP contribution in [0.3, 0.4) is 0 Å². The first-order valence-corrected chi connectivity index (χ1v) is 11.4. The van der Waals surface area contributed by atoms with Gasteiger partial charge in [-0.3, -0.25) is 14.5 Å². The number of carbonyl (C=O) groups is 2. The fourth-order valence-electron chi connectivity index (χ4n) is 4.16. The van der Waals surface area contributed by atoms with Crippen LogP contribution in [0.5, 0.6) is 11.5 Å². The molecule has 0 radical (unpaired) electrons. The lowest BCUT2D eigenvalue weighted by molar-refractivity contribution is -0.140. The topological polar surface area (TPSA) is 99.5 Å². The van der Waals surface area contributed by atoms with Crippen LogP contribution in [0.15, 0.2) is 52.5 Å². The number of hydrogen-bond acceptors (Lipinski definition) is 7. The van der Waals surface area contributed by atoms with Crippen molar-refractivity contribution >= 4 is 33.4 Å². The number of aliphatic hydroxyl groups is 1. The number of aliphatic hydroxyl groups excluding tert-OH is 1. The van der Waals surface area contributed by atoms with Crippen LogP contribution in [-0.2, 0) is 14.3 Å². The standard InChI is InChI=1S/C24H25BrN2O6/c1-32-17-6-7-18(19(28)14-17)22(29)20-21(15-2-4-16(25)5-3-15)27(24(31)23(20)30)9-8-26-10-12-33-13-11-26/h2-7,14,21,28-29H,8-13H2,1H3. The molecule has 0 bridgehead atoms. The van der Waals surface area contributed by atoms with E-state index in [-0.39, 0.29) is 16.9 Å². The Kier molecular flexibility index (Phi) is 7.02. The zero-order valence-corrected chi connectivity index (χ0v) is 19.7. The minimum atomic E-state index is -0.780. The molecule has 2 aromatic rings. The Morgan fingerprint density at radius 1 is 1.12 bits per heavy atom. The van der Waals surface area contributed by atoms with E-state index in [1.807, 2.05) is 24.3 Å². The zero-order valence-electron chi connectivity index (χ0n) is 18.2. The Morgan fingerprint density at radius 3 is 2.45 bits per heavy atom. The van der Waals surface area contributed by atoms with Gasteiger partial charge in [0, 0.05) is 36.7 Å². The molecule has 33 heavy (non-hydrogen) atoms. The summed E-state index contributed by atoms with van der Waals surface area (Å²) in [5, 5.41) is 21.5. The number of amides is 1. The van der Waals surface area contributed by atoms with Gasteiger partial charge in [-0.15, -0.1) is 0 Å². The summed E-state index contributed by atoms with van der Waals surface area (Å²) in [5.74, 6) is -1.72. The fourth-order valence-corrected chi connectivity index (χ4v) is 4.42. The molecule has 2 aliphatic heterocycles. The lowest BCUT2D eigenvalue weighted by Gasteiger charge is -2.31. The third-order valence-corrected chi connectivity index (χ3v) is 6.48. The summed E-state index contributed by atoms with van der Waals surface area (Å²) in [6.07, 6.45) is 0. The highest BCUT2D eigenvalue weighted by Crippen LogP contribution is 2.41. The number of benzene rings is 2. The Morgan fingerprint density at radius 2 is 1.82 bits per heavy atom. The number of halogens is 1. The highest BCUT2D eigenvalue weighted by Gasteiger charge is 2.46. The first-order chi connectivity index (χ1) is 15.9. The molecule has 0 aromatic heterocycles. The molecule has 2 aromatic carbocycles. The Bertz CT molecular complexity index is 1080. The summed E-state index contributed by atoms with van der Waals surface area (Å²) in [5.41, 5.74) is 0.697. The van der Waals surface area contributed by atoms with Crippen molar-refractivity contribution in [2.24, 2.45) is 0 Å². The predicted octanol–water partition coefficient (Wildman–Crippen LogP) is 2.92. The number of phenolic OH excluding ortho intramolecular Hbond substituents is 1. The number of ether oxygens (including phenoxy) is 2. The van der Waals surface area contributed by atoms with Crippen LogP contribution in [0.2, 0.25) is 0 Å². The zero-order chi connectivity index (χ0) is 23.5. The SMILES string of the molecule is COc1ccc(C(O)=C2C(=O)C(=O)N(CCN3CCOCC3)C2c2ccc(Br)cc2)c(O)c1. The molecule has 0 aliphatic carbocycles. The third kappa shape index (κ3) is 4.75. The molecule has 4 rings (SSSR count). The van der Waals surface area contributed by atoms with Crippen LogP contribution in [-0.4, -0.2) is 78.2 Å². The minimum absolute atomic E-state index is 0.0511. The van der Waals surface area contributed by atoms with Gasteiger partial charge >= 0.3 is 0 Å². The Labute approximate surface area is 200 Å². The summed E-state index contributed by atoms with van der Waals surface area (Å²) in [4.78, 5) is 29.8.